The van der Waals surface area contributed by atoms with Crippen LogP contribution in [0, 0.1) is 3.95 Å². The number of carbonyl (C=O) groups excluding carboxylic acids is 2. The van der Waals surface area contributed by atoms with Crippen LogP contribution in [0.5, 0.6) is 0 Å². The standard InChI is InChI=1S/C21H21N3O2S3/c1-3-7-18(25)22-16-12-10-15(11-13-16)19(26)14(2)28-20-23-24(21(27)29-20)17-8-5-4-6-9-17/h4-6,8-14H,3,7H2,1-2H3,(H,22,25). The molecule has 5 nitrogen and oxygen atoms in total. The predicted molar refractivity (Wildman–Crippen MR) is 122 cm³/mol. The molecule has 0 fully saturated rings. The molecule has 2 aromatic carbocycles. The molecule has 3 rings (SSSR count). The van der Waals surface area contributed by atoms with E-state index in [-0.39, 0.29) is 16.9 Å². The van der Waals surface area contributed by atoms with Gasteiger partial charge in [0.2, 0.25) is 5.91 Å². The molecule has 29 heavy (non-hydrogen) atoms. The molecule has 1 aromatic heterocycles. The van der Waals surface area contributed by atoms with E-state index in [4.69, 9.17) is 12.2 Å². The second kappa shape index (κ2) is 9.96. The third-order valence-electron chi connectivity index (χ3n) is 4.11. The van der Waals surface area contributed by atoms with Crippen molar-refractivity contribution in [3.8, 4) is 5.69 Å². The van der Waals surface area contributed by atoms with E-state index < -0.39 is 0 Å². The number of Topliss-reactive ketones (excluding diaryl/α,β-unsaturated/α-hetero) is 1. The minimum atomic E-state index is -0.305. The second-order valence-electron chi connectivity index (χ2n) is 6.38. The maximum atomic E-state index is 12.8. The molecule has 1 atom stereocenters. The van der Waals surface area contributed by atoms with E-state index >= 15 is 0 Å². The summed E-state index contributed by atoms with van der Waals surface area (Å²) in [6, 6.07) is 16.7. The van der Waals surface area contributed by atoms with Gasteiger partial charge in [-0.2, -0.15) is 0 Å². The van der Waals surface area contributed by atoms with Crippen LogP contribution in [-0.4, -0.2) is 26.7 Å². The number of aromatic nitrogens is 2. The van der Waals surface area contributed by atoms with Gasteiger partial charge in [0.15, 0.2) is 14.1 Å². The van der Waals surface area contributed by atoms with Crippen LogP contribution in [-0.2, 0) is 4.79 Å². The number of ketones is 1. The van der Waals surface area contributed by atoms with Crippen LogP contribution < -0.4 is 5.32 Å². The van der Waals surface area contributed by atoms with Crippen molar-refractivity contribution in [3.05, 3.63) is 64.1 Å². The molecule has 8 heteroatoms. The average Bonchev–Trinajstić information content (AvgIpc) is 3.08. The zero-order valence-corrected chi connectivity index (χ0v) is 18.6. The van der Waals surface area contributed by atoms with E-state index in [1.807, 2.05) is 44.2 Å². The van der Waals surface area contributed by atoms with E-state index in [2.05, 4.69) is 10.4 Å². The Morgan fingerprint density at radius 3 is 2.52 bits per heavy atom. The first kappa shape index (κ1) is 21.4. The lowest BCUT2D eigenvalue weighted by molar-refractivity contribution is -0.116. The summed E-state index contributed by atoms with van der Waals surface area (Å²) in [5, 5.41) is 7.07. The molecule has 0 saturated heterocycles. The van der Waals surface area contributed by atoms with Crippen LogP contribution >= 0.6 is 35.3 Å². The number of hydrogen-bond acceptors (Lipinski definition) is 6. The quantitative estimate of drug-likeness (QED) is 0.272. The van der Waals surface area contributed by atoms with Crippen molar-refractivity contribution in [2.24, 2.45) is 0 Å². The number of rotatable bonds is 8. The van der Waals surface area contributed by atoms with Crippen LogP contribution in [0.2, 0.25) is 0 Å². The normalized spacial score (nSPS) is 11.8. The molecular weight excluding hydrogens is 422 g/mol. The van der Waals surface area contributed by atoms with E-state index in [0.717, 1.165) is 16.4 Å². The lowest BCUT2D eigenvalue weighted by Crippen LogP contribution is -2.14. The summed E-state index contributed by atoms with van der Waals surface area (Å²) < 4.78 is 3.11. The third-order valence-corrected chi connectivity index (χ3v) is 6.52. The SMILES string of the molecule is CCCC(=O)Nc1ccc(C(=O)C(C)Sc2nn(-c3ccccc3)c(=S)s2)cc1. The predicted octanol–water partition coefficient (Wildman–Crippen LogP) is 5.77. The summed E-state index contributed by atoms with van der Waals surface area (Å²) in [6.45, 7) is 3.82. The molecule has 0 aliphatic carbocycles. The smallest absolute Gasteiger partial charge is 0.224 e. The van der Waals surface area contributed by atoms with Gasteiger partial charge in [0.05, 0.1) is 10.9 Å². The highest BCUT2D eigenvalue weighted by Gasteiger charge is 2.19. The Morgan fingerprint density at radius 1 is 1.17 bits per heavy atom. The van der Waals surface area contributed by atoms with Crippen molar-refractivity contribution in [1.29, 1.82) is 0 Å². The van der Waals surface area contributed by atoms with E-state index in [1.165, 1.54) is 23.1 Å². The highest BCUT2D eigenvalue weighted by atomic mass is 32.2. The maximum Gasteiger partial charge on any atom is 0.224 e. The number of carbonyl (C=O) groups is 2. The Kier molecular flexibility index (Phi) is 7.35. The van der Waals surface area contributed by atoms with Crippen molar-refractivity contribution in [1.82, 2.24) is 9.78 Å². The van der Waals surface area contributed by atoms with Gasteiger partial charge in [-0.1, -0.05) is 48.2 Å². The molecule has 0 radical (unpaired) electrons. The molecule has 0 aliphatic rings. The highest BCUT2D eigenvalue weighted by molar-refractivity contribution is 8.02. The van der Waals surface area contributed by atoms with Crippen molar-refractivity contribution in [2.45, 2.75) is 36.3 Å². The first-order valence-electron chi connectivity index (χ1n) is 9.24. The van der Waals surface area contributed by atoms with Crippen LogP contribution in [0.3, 0.4) is 0 Å². The molecule has 0 saturated carbocycles. The maximum absolute atomic E-state index is 12.8. The Morgan fingerprint density at radius 2 is 1.86 bits per heavy atom. The molecule has 0 aliphatic heterocycles. The van der Waals surface area contributed by atoms with Crippen LogP contribution in [0.4, 0.5) is 5.69 Å². The average molecular weight is 444 g/mol. The highest BCUT2D eigenvalue weighted by Crippen LogP contribution is 2.29. The summed E-state index contributed by atoms with van der Waals surface area (Å²) in [5.41, 5.74) is 2.20. The van der Waals surface area contributed by atoms with Crippen molar-refractivity contribution < 1.29 is 9.59 Å². The molecule has 1 unspecified atom stereocenters. The second-order valence-corrected chi connectivity index (χ2v) is 9.59. The van der Waals surface area contributed by atoms with Crippen molar-refractivity contribution in [2.75, 3.05) is 5.32 Å². The molecular formula is C21H21N3O2S3. The third kappa shape index (κ3) is 5.62. The molecule has 1 amide bonds. The molecule has 150 valence electrons. The zero-order chi connectivity index (χ0) is 20.8. The molecule has 3 aromatic rings. The lowest BCUT2D eigenvalue weighted by Gasteiger charge is -2.09. The monoisotopic (exact) mass is 443 g/mol. The fraction of sp³-hybridized carbons (Fsp3) is 0.238. The summed E-state index contributed by atoms with van der Waals surface area (Å²) in [5.74, 6) is -0.0143. The first-order chi connectivity index (χ1) is 14.0. The van der Waals surface area contributed by atoms with E-state index in [1.54, 1.807) is 28.9 Å². The largest absolute Gasteiger partial charge is 0.326 e. The Hall–Kier alpha value is -2.29. The van der Waals surface area contributed by atoms with Gasteiger partial charge in [-0.3, -0.25) is 9.59 Å². The van der Waals surface area contributed by atoms with Gasteiger partial charge in [-0.15, -0.1) is 5.10 Å². The zero-order valence-electron chi connectivity index (χ0n) is 16.1. The van der Waals surface area contributed by atoms with Gasteiger partial charge in [0.25, 0.3) is 0 Å². The number of para-hydroxylation sites is 1. The van der Waals surface area contributed by atoms with Crippen LogP contribution in [0.15, 0.2) is 58.9 Å². The Balaban J connectivity index is 1.66. The van der Waals surface area contributed by atoms with Gasteiger partial charge in [-0.25, -0.2) is 4.68 Å². The number of thioether (sulfide) groups is 1. The Labute approximate surface area is 183 Å². The Bertz CT molecular complexity index is 1040. The van der Waals surface area contributed by atoms with Crippen LogP contribution in [0.1, 0.15) is 37.0 Å². The number of hydrogen-bond donors (Lipinski definition) is 1. The minimum Gasteiger partial charge on any atom is -0.326 e. The van der Waals surface area contributed by atoms with E-state index in [9.17, 15) is 9.59 Å². The fourth-order valence-electron chi connectivity index (χ4n) is 2.65. The van der Waals surface area contributed by atoms with E-state index in [0.29, 0.717) is 21.6 Å². The number of nitrogens with one attached hydrogen (secondary N) is 1. The molecule has 0 bridgehead atoms. The lowest BCUT2D eigenvalue weighted by atomic mass is 10.1. The number of benzene rings is 2. The summed E-state index contributed by atoms with van der Waals surface area (Å²) in [7, 11) is 0. The van der Waals surface area contributed by atoms with Gasteiger partial charge >= 0.3 is 0 Å². The summed E-state index contributed by atoms with van der Waals surface area (Å²) >= 11 is 8.21. The van der Waals surface area contributed by atoms with Crippen molar-refractivity contribution in [3.63, 3.8) is 0 Å². The van der Waals surface area contributed by atoms with Gasteiger partial charge in [-0.05, 0) is 62.0 Å². The van der Waals surface area contributed by atoms with Gasteiger partial charge in [0.1, 0.15) is 0 Å². The van der Waals surface area contributed by atoms with Crippen molar-refractivity contribution >= 4 is 52.7 Å². The molecule has 0 spiro atoms. The van der Waals surface area contributed by atoms with Gasteiger partial charge < -0.3 is 5.32 Å². The fourth-order valence-corrected chi connectivity index (χ4v) is 5.23. The van der Waals surface area contributed by atoms with Crippen LogP contribution in [0.25, 0.3) is 5.69 Å². The van der Waals surface area contributed by atoms with Gasteiger partial charge in [0, 0.05) is 17.7 Å². The summed E-state index contributed by atoms with van der Waals surface area (Å²) in [4.78, 5) is 24.5. The molecule has 1 heterocycles. The first-order valence-corrected chi connectivity index (χ1v) is 11.3. The molecule has 1 N–H and O–H groups in total. The number of nitrogens with zero attached hydrogens (tertiary/aromatic N) is 2. The number of anilines is 1. The topological polar surface area (TPSA) is 64.0 Å². The minimum absolute atomic E-state index is 0.00816. The number of amides is 1. The summed E-state index contributed by atoms with van der Waals surface area (Å²) in [6.07, 6.45) is 1.28.